The molecule has 2 aliphatic heterocycles. The third-order valence-electron chi connectivity index (χ3n) is 8.69. The Morgan fingerprint density at radius 2 is 1.82 bits per heavy atom. The number of imidazole rings is 1. The maximum Gasteiger partial charge on any atom is 0.213 e. The normalized spacial score (nSPS) is 17.6. The zero-order valence-corrected chi connectivity index (χ0v) is 25.7. The number of halogens is 2. The molecule has 1 atom stereocenters. The van der Waals surface area contributed by atoms with Crippen molar-refractivity contribution in [3.05, 3.63) is 118 Å². The summed E-state index contributed by atoms with van der Waals surface area (Å²) in [6, 6.07) is 20.9. The van der Waals surface area contributed by atoms with Crippen LogP contribution in [0.1, 0.15) is 53.4 Å². The van der Waals surface area contributed by atoms with Gasteiger partial charge in [-0.25, -0.2) is 14.4 Å². The summed E-state index contributed by atoms with van der Waals surface area (Å²) in [5, 5.41) is 0.367. The standard InChI is InChI=1S/C36H35ClFN5O2/c37-29-10-9-28(31(38)20-29)24-45-36-5-1-4-32(41-36)27-12-16-42(17-13-27)23-35-40-33-19-25(6-7-26-3-2-15-39-21-26)8-11-34(33)43(35)22-30-14-18-44-30/h1-11,15,19-21,27,30H,12-14,16-18,22-24H2/b7-6+/t30-/m0/s1. The van der Waals surface area contributed by atoms with Gasteiger partial charge in [-0.2, -0.15) is 0 Å². The smallest absolute Gasteiger partial charge is 0.213 e. The van der Waals surface area contributed by atoms with E-state index in [1.807, 2.05) is 30.5 Å². The Balaban J connectivity index is 1.01. The number of aromatic nitrogens is 4. The van der Waals surface area contributed by atoms with Gasteiger partial charge in [0.25, 0.3) is 0 Å². The highest BCUT2D eigenvalue weighted by Crippen LogP contribution is 2.30. The van der Waals surface area contributed by atoms with Crippen molar-refractivity contribution in [1.82, 2.24) is 24.4 Å². The number of pyridine rings is 2. The first-order valence-electron chi connectivity index (χ1n) is 15.5. The molecule has 3 aromatic heterocycles. The summed E-state index contributed by atoms with van der Waals surface area (Å²) in [5.74, 6) is 1.55. The second kappa shape index (κ2) is 13.5. The van der Waals surface area contributed by atoms with Crippen molar-refractivity contribution in [3.8, 4) is 5.88 Å². The molecule has 0 amide bonds. The number of ether oxygens (including phenoxy) is 2. The van der Waals surface area contributed by atoms with Gasteiger partial charge in [-0.15, -0.1) is 0 Å². The minimum Gasteiger partial charge on any atom is -0.473 e. The van der Waals surface area contributed by atoms with Gasteiger partial charge in [0.2, 0.25) is 5.88 Å². The molecular weight excluding hydrogens is 589 g/mol. The van der Waals surface area contributed by atoms with E-state index in [4.69, 9.17) is 31.0 Å². The summed E-state index contributed by atoms with van der Waals surface area (Å²) < 4.78 is 28.2. The molecule has 0 saturated carbocycles. The van der Waals surface area contributed by atoms with Crippen LogP contribution in [0.4, 0.5) is 4.39 Å². The average Bonchev–Trinajstić information content (AvgIpc) is 3.38. The van der Waals surface area contributed by atoms with Crippen molar-refractivity contribution in [1.29, 1.82) is 0 Å². The average molecular weight is 624 g/mol. The molecule has 0 radical (unpaired) electrons. The summed E-state index contributed by atoms with van der Waals surface area (Å²) in [6.45, 7) is 4.46. The predicted octanol–water partition coefficient (Wildman–Crippen LogP) is 7.54. The summed E-state index contributed by atoms with van der Waals surface area (Å²) >= 11 is 5.87. The van der Waals surface area contributed by atoms with Crippen LogP contribution in [0.5, 0.6) is 5.88 Å². The van der Waals surface area contributed by atoms with E-state index in [1.165, 1.54) is 6.07 Å². The van der Waals surface area contributed by atoms with Crippen molar-refractivity contribution in [3.63, 3.8) is 0 Å². The maximum atomic E-state index is 14.2. The molecule has 7 rings (SSSR count). The summed E-state index contributed by atoms with van der Waals surface area (Å²) in [7, 11) is 0. The highest BCUT2D eigenvalue weighted by atomic mass is 35.5. The lowest BCUT2D eigenvalue weighted by atomic mass is 9.93. The molecule has 5 aromatic rings. The fraction of sp³-hybridized carbons (Fsp3) is 0.306. The lowest BCUT2D eigenvalue weighted by Gasteiger charge is -2.32. The van der Waals surface area contributed by atoms with E-state index in [9.17, 15) is 4.39 Å². The van der Waals surface area contributed by atoms with Crippen LogP contribution in [0.15, 0.2) is 79.1 Å². The number of piperidine rings is 1. The Kier molecular flexibility index (Phi) is 8.87. The molecule has 2 saturated heterocycles. The molecule has 0 spiro atoms. The second-order valence-electron chi connectivity index (χ2n) is 11.8. The molecule has 2 aromatic carbocycles. The van der Waals surface area contributed by atoms with Crippen molar-refractivity contribution in [2.45, 2.75) is 51.0 Å². The second-order valence-corrected chi connectivity index (χ2v) is 12.2. The van der Waals surface area contributed by atoms with Crippen LogP contribution in [0, 0.1) is 5.82 Å². The van der Waals surface area contributed by atoms with E-state index in [0.717, 1.165) is 85.7 Å². The van der Waals surface area contributed by atoms with Gasteiger partial charge in [0.15, 0.2) is 0 Å². The van der Waals surface area contributed by atoms with E-state index in [2.05, 4.69) is 50.9 Å². The number of likely N-dealkylation sites (tertiary alicyclic amines) is 1. The Hall–Kier alpha value is -4.11. The lowest BCUT2D eigenvalue weighted by Crippen LogP contribution is -2.35. The van der Waals surface area contributed by atoms with Crippen molar-refractivity contribution >= 4 is 34.8 Å². The number of hydrogen-bond donors (Lipinski definition) is 0. The Morgan fingerprint density at radius 1 is 0.956 bits per heavy atom. The molecular formula is C36H35ClFN5O2. The van der Waals surface area contributed by atoms with Gasteiger partial charge in [0.05, 0.1) is 30.2 Å². The zero-order valence-electron chi connectivity index (χ0n) is 25.0. The first kappa shape index (κ1) is 29.6. The number of hydrogen-bond acceptors (Lipinski definition) is 6. The largest absolute Gasteiger partial charge is 0.473 e. The van der Waals surface area contributed by atoms with E-state index < -0.39 is 0 Å². The first-order valence-corrected chi connectivity index (χ1v) is 15.9. The minimum atomic E-state index is -0.377. The Labute approximate surface area is 267 Å². The van der Waals surface area contributed by atoms with E-state index in [1.54, 1.807) is 18.3 Å². The Bertz CT molecular complexity index is 1800. The third-order valence-corrected chi connectivity index (χ3v) is 8.93. The Morgan fingerprint density at radius 3 is 2.60 bits per heavy atom. The van der Waals surface area contributed by atoms with Crippen LogP contribution < -0.4 is 4.74 Å². The van der Waals surface area contributed by atoms with Crippen molar-refractivity contribution in [2.24, 2.45) is 0 Å². The van der Waals surface area contributed by atoms with Crippen LogP contribution in [-0.4, -0.2) is 50.2 Å². The highest BCUT2D eigenvalue weighted by Gasteiger charge is 2.26. The molecule has 0 bridgehead atoms. The molecule has 5 heterocycles. The van der Waals surface area contributed by atoms with Crippen LogP contribution in [0.25, 0.3) is 23.2 Å². The number of fused-ring (bicyclic) bond motifs is 1. The predicted molar refractivity (Wildman–Crippen MR) is 174 cm³/mol. The SMILES string of the molecule is Fc1cc(Cl)ccc1COc1cccc(C2CCN(Cc3nc4cc(/C=C/c5cccnc5)ccc4n3C[C@@H]3CCO3)CC2)n1. The molecule has 0 aliphatic carbocycles. The van der Waals surface area contributed by atoms with Gasteiger partial charge < -0.3 is 14.0 Å². The summed E-state index contributed by atoms with van der Waals surface area (Å²) in [5.41, 5.74) is 5.80. The lowest BCUT2D eigenvalue weighted by molar-refractivity contribution is -0.0592. The molecule has 7 nitrogen and oxygen atoms in total. The molecule has 0 unspecified atom stereocenters. The quantitative estimate of drug-likeness (QED) is 0.160. The van der Waals surface area contributed by atoms with Gasteiger partial charge in [0.1, 0.15) is 18.2 Å². The van der Waals surface area contributed by atoms with Crippen LogP contribution >= 0.6 is 11.6 Å². The van der Waals surface area contributed by atoms with E-state index >= 15 is 0 Å². The van der Waals surface area contributed by atoms with Crippen LogP contribution in [-0.2, 0) is 24.4 Å². The maximum absolute atomic E-state index is 14.2. The third kappa shape index (κ3) is 7.09. The molecule has 2 aliphatic rings. The van der Waals surface area contributed by atoms with E-state index in [0.29, 0.717) is 22.4 Å². The van der Waals surface area contributed by atoms with Gasteiger partial charge in [0, 0.05) is 47.3 Å². The van der Waals surface area contributed by atoms with Crippen LogP contribution in [0.2, 0.25) is 5.02 Å². The number of nitrogens with zero attached hydrogens (tertiary/aromatic N) is 5. The topological polar surface area (TPSA) is 65.3 Å². The van der Waals surface area contributed by atoms with E-state index in [-0.39, 0.29) is 18.5 Å². The molecule has 0 N–H and O–H groups in total. The van der Waals surface area contributed by atoms with Gasteiger partial charge in [-0.05, 0) is 79.9 Å². The minimum absolute atomic E-state index is 0.104. The molecule has 9 heteroatoms. The van der Waals surface area contributed by atoms with Crippen LogP contribution in [0.3, 0.4) is 0 Å². The van der Waals surface area contributed by atoms with Gasteiger partial charge >= 0.3 is 0 Å². The highest BCUT2D eigenvalue weighted by molar-refractivity contribution is 6.30. The molecule has 230 valence electrons. The molecule has 45 heavy (non-hydrogen) atoms. The summed E-state index contributed by atoms with van der Waals surface area (Å²) in [4.78, 5) is 16.6. The van der Waals surface area contributed by atoms with Gasteiger partial charge in [-0.1, -0.05) is 48.0 Å². The number of benzene rings is 2. The monoisotopic (exact) mass is 623 g/mol. The van der Waals surface area contributed by atoms with Crippen molar-refractivity contribution in [2.75, 3.05) is 19.7 Å². The number of rotatable bonds is 10. The first-order chi connectivity index (χ1) is 22.1. The van der Waals surface area contributed by atoms with Gasteiger partial charge in [-0.3, -0.25) is 9.88 Å². The van der Waals surface area contributed by atoms with Crippen molar-refractivity contribution < 1.29 is 13.9 Å². The molecule has 2 fully saturated rings. The summed E-state index contributed by atoms with van der Waals surface area (Å²) in [6.07, 6.45) is 11.2. The fourth-order valence-electron chi connectivity index (χ4n) is 6.04. The zero-order chi connectivity index (χ0) is 30.6. The fourth-order valence-corrected chi connectivity index (χ4v) is 6.20.